The van der Waals surface area contributed by atoms with Crippen LogP contribution in [0.1, 0.15) is 168 Å². The zero-order valence-corrected chi connectivity index (χ0v) is 29.0. The second-order valence-corrected chi connectivity index (χ2v) is 12.1. The first kappa shape index (κ1) is 42.4. The van der Waals surface area contributed by atoms with Crippen LogP contribution in [-0.2, 0) is 19.1 Å². The van der Waals surface area contributed by atoms with Crippen LogP contribution in [0.5, 0.6) is 0 Å². The van der Waals surface area contributed by atoms with Gasteiger partial charge in [-0.05, 0) is 83.1 Å². The summed E-state index contributed by atoms with van der Waals surface area (Å²) in [6.45, 7) is 4.14. The van der Waals surface area contributed by atoms with E-state index in [4.69, 9.17) is 9.84 Å². The molecule has 0 aliphatic rings. The second kappa shape index (κ2) is 34.2. The van der Waals surface area contributed by atoms with Crippen LogP contribution in [0.25, 0.3) is 0 Å². The first-order valence-electron chi connectivity index (χ1n) is 18.3. The van der Waals surface area contributed by atoms with Gasteiger partial charge >= 0.3 is 11.9 Å². The Morgan fingerprint density at radius 3 is 1.71 bits per heavy atom. The van der Waals surface area contributed by atoms with Crippen molar-refractivity contribution in [2.45, 2.75) is 174 Å². The molecular weight excluding hydrogens is 562 g/mol. The maximum Gasteiger partial charge on any atom is 0.322 e. The Morgan fingerprint density at radius 2 is 1.09 bits per heavy atom. The molecule has 0 heterocycles. The largest absolute Gasteiger partial charge is 0.480 e. The fourth-order valence-electron chi connectivity index (χ4n) is 4.96. The predicted molar refractivity (Wildman–Crippen MR) is 189 cm³/mol. The number of ether oxygens (including phenoxy) is 1. The van der Waals surface area contributed by atoms with Gasteiger partial charge in [0.15, 0.2) is 0 Å². The van der Waals surface area contributed by atoms with E-state index in [1.165, 1.54) is 64.2 Å². The van der Waals surface area contributed by atoms with Gasteiger partial charge in [0.1, 0.15) is 12.6 Å². The normalized spacial score (nSPS) is 12.6. The van der Waals surface area contributed by atoms with Crippen molar-refractivity contribution in [1.29, 1.82) is 0 Å². The summed E-state index contributed by atoms with van der Waals surface area (Å²) in [5.74, 6) is -1.34. The molecule has 0 aromatic carbocycles. The molecule has 258 valence electrons. The summed E-state index contributed by atoms with van der Waals surface area (Å²) in [6.07, 6.45) is 42.3. The van der Waals surface area contributed by atoms with E-state index in [1.807, 2.05) is 6.08 Å². The molecule has 2 N–H and O–H groups in total. The van der Waals surface area contributed by atoms with Crippen LogP contribution >= 0.6 is 0 Å². The van der Waals surface area contributed by atoms with Gasteiger partial charge in [-0.15, -0.1) is 0 Å². The molecular formula is C39H67NO5. The van der Waals surface area contributed by atoms with Crippen molar-refractivity contribution in [1.82, 2.24) is 5.32 Å². The molecule has 0 aromatic heterocycles. The van der Waals surface area contributed by atoms with Crippen molar-refractivity contribution < 1.29 is 24.2 Å². The SMILES string of the molecule is CCCCC/C=C\C/C=C\C/C=C\C(CCCCCCCC(=O)NCC(=O)O)OC(=O)CCCCCCC/C=C\CCCCC. The molecule has 6 nitrogen and oxygen atoms in total. The van der Waals surface area contributed by atoms with Gasteiger partial charge in [0.25, 0.3) is 0 Å². The maximum atomic E-state index is 12.6. The van der Waals surface area contributed by atoms with E-state index in [1.54, 1.807) is 0 Å². The van der Waals surface area contributed by atoms with E-state index in [2.05, 4.69) is 61.7 Å². The number of unbranched alkanes of at least 4 members (excludes halogenated alkanes) is 15. The van der Waals surface area contributed by atoms with E-state index in [0.29, 0.717) is 12.8 Å². The zero-order chi connectivity index (χ0) is 33.1. The molecule has 0 saturated heterocycles. The Hall–Kier alpha value is -2.63. The first-order valence-corrected chi connectivity index (χ1v) is 18.3. The number of carbonyl (C=O) groups is 3. The lowest BCUT2D eigenvalue weighted by Crippen LogP contribution is -2.28. The summed E-state index contributed by atoms with van der Waals surface area (Å²) >= 11 is 0. The predicted octanol–water partition coefficient (Wildman–Crippen LogP) is 10.7. The summed E-state index contributed by atoms with van der Waals surface area (Å²) in [4.78, 5) is 34.8. The third-order valence-electron chi connectivity index (χ3n) is 7.71. The summed E-state index contributed by atoms with van der Waals surface area (Å²) in [7, 11) is 0. The van der Waals surface area contributed by atoms with Gasteiger partial charge in [0, 0.05) is 12.8 Å². The zero-order valence-electron chi connectivity index (χ0n) is 29.0. The molecule has 0 aliphatic heterocycles. The summed E-state index contributed by atoms with van der Waals surface area (Å²) in [6, 6.07) is 0. The Kier molecular flexibility index (Phi) is 32.2. The van der Waals surface area contributed by atoms with Crippen molar-refractivity contribution >= 4 is 17.8 Å². The van der Waals surface area contributed by atoms with Gasteiger partial charge in [-0.25, -0.2) is 0 Å². The van der Waals surface area contributed by atoms with Crippen LogP contribution < -0.4 is 5.32 Å². The fourth-order valence-corrected chi connectivity index (χ4v) is 4.96. The minimum atomic E-state index is -1.03. The molecule has 0 aliphatic carbocycles. The van der Waals surface area contributed by atoms with E-state index in [0.717, 1.165) is 77.0 Å². The van der Waals surface area contributed by atoms with E-state index < -0.39 is 5.97 Å². The quantitative estimate of drug-likeness (QED) is 0.0439. The highest BCUT2D eigenvalue weighted by Gasteiger charge is 2.11. The number of rotatable bonds is 32. The molecule has 1 unspecified atom stereocenters. The molecule has 0 bridgehead atoms. The van der Waals surface area contributed by atoms with Crippen LogP contribution in [0.3, 0.4) is 0 Å². The molecule has 0 radical (unpaired) electrons. The smallest absolute Gasteiger partial charge is 0.322 e. The highest BCUT2D eigenvalue weighted by atomic mass is 16.5. The minimum Gasteiger partial charge on any atom is -0.480 e. The summed E-state index contributed by atoms with van der Waals surface area (Å²) < 4.78 is 5.88. The number of carbonyl (C=O) groups excluding carboxylic acids is 2. The molecule has 0 aromatic rings. The highest BCUT2D eigenvalue weighted by Crippen LogP contribution is 2.15. The van der Waals surface area contributed by atoms with Crippen molar-refractivity contribution in [3.05, 3.63) is 48.6 Å². The third kappa shape index (κ3) is 34.1. The third-order valence-corrected chi connectivity index (χ3v) is 7.71. The van der Waals surface area contributed by atoms with Crippen molar-refractivity contribution in [2.24, 2.45) is 0 Å². The lowest BCUT2D eigenvalue weighted by atomic mass is 10.1. The number of aliphatic carboxylic acids is 1. The van der Waals surface area contributed by atoms with Gasteiger partial charge in [0.2, 0.25) is 5.91 Å². The van der Waals surface area contributed by atoms with E-state index >= 15 is 0 Å². The first-order chi connectivity index (χ1) is 22.0. The van der Waals surface area contributed by atoms with Crippen LogP contribution in [0.4, 0.5) is 0 Å². The van der Waals surface area contributed by atoms with Crippen LogP contribution in [-0.4, -0.2) is 35.6 Å². The molecule has 0 rings (SSSR count). The maximum absolute atomic E-state index is 12.6. The molecule has 45 heavy (non-hydrogen) atoms. The van der Waals surface area contributed by atoms with Gasteiger partial charge in [-0.2, -0.15) is 0 Å². The lowest BCUT2D eigenvalue weighted by molar-refractivity contribution is -0.147. The van der Waals surface area contributed by atoms with E-state index in [-0.39, 0.29) is 24.5 Å². The summed E-state index contributed by atoms with van der Waals surface area (Å²) in [5, 5.41) is 11.0. The van der Waals surface area contributed by atoms with Crippen LogP contribution in [0.15, 0.2) is 48.6 Å². The number of carboxylic acid groups (broad SMARTS) is 1. The highest BCUT2D eigenvalue weighted by molar-refractivity contribution is 5.80. The number of allylic oxidation sites excluding steroid dienone is 7. The van der Waals surface area contributed by atoms with Gasteiger partial charge in [-0.3, -0.25) is 14.4 Å². The number of amides is 1. The Balaban J connectivity index is 4.36. The molecule has 0 saturated carbocycles. The average molecular weight is 630 g/mol. The van der Waals surface area contributed by atoms with E-state index in [9.17, 15) is 14.4 Å². The monoisotopic (exact) mass is 630 g/mol. The average Bonchev–Trinajstić information content (AvgIpc) is 3.02. The molecule has 1 atom stereocenters. The molecule has 0 spiro atoms. The minimum absolute atomic E-state index is 0.101. The second-order valence-electron chi connectivity index (χ2n) is 12.1. The van der Waals surface area contributed by atoms with Crippen molar-refractivity contribution in [3.8, 4) is 0 Å². The van der Waals surface area contributed by atoms with Gasteiger partial charge in [0.05, 0.1) is 0 Å². The van der Waals surface area contributed by atoms with Crippen molar-refractivity contribution in [2.75, 3.05) is 6.54 Å². The van der Waals surface area contributed by atoms with Gasteiger partial charge < -0.3 is 15.2 Å². The van der Waals surface area contributed by atoms with Crippen molar-refractivity contribution in [3.63, 3.8) is 0 Å². The van der Waals surface area contributed by atoms with Crippen LogP contribution in [0, 0.1) is 0 Å². The lowest BCUT2D eigenvalue weighted by Gasteiger charge is -2.14. The molecule has 1 amide bonds. The molecule has 6 heteroatoms. The number of esters is 1. The number of hydrogen-bond donors (Lipinski definition) is 2. The van der Waals surface area contributed by atoms with Crippen LogP contribution in [0.2, 0.25) is 0 Å². The van der Waals surface area contributed by atoms with Gasteiger partial charge in [-0.1, -0.05) is 121 Å². The standard InChI is InChI=1S/C39H67NO5/c1-3-5-7-9-11-13-15-17-19-21-26-30-34-39(44)45-36(31-27-23-20-18-16-14-12-10-8-6-4-2)32-28-24-22-25-29-33-37(41)40-35-38(42)43/h11-14,18,20,27,31,36H,3-10,15-17,19,21-26,28-30,32-35H2,1-2H3,(H,40,41)(H,42,43)/b13-11-,14-12-,20-18-,31-27-. The summed E-state index contributed by atoms with van der Waals surface area (Å²) in [5.41, 5.74) is 0. The Labute approximate surface area is 276 Å². The number of nitrogens with one attached hydrogen (secondary N) is 1. The number of carboxylic acids is 1. The Bertz CT molecular complexity index is 829. The fraction of sp³-hybridized carbons (Fsp3) is 0.718. The Morgan fingerprint density at radius 1 is 0.600 bits per heavy atom. The number of hydrogen-bond acceptors (Lipinski definition) is 4. The molecule has 0 fully saturated rings. The topological polar surface area (TPSA) is 92.7 Å².